The maximum absolute atomic E-state index is 13.3. The molecule has 2 aromatic rings. The van der Waals surface area contributed by atoms with Crippen molar-refractivity contribution in [2.45, 2.75) is 13.0 Å². The van der Waals surface area contributed by atoms with Crippen molar-refractivity contribution in [3.05, 3.63) is 80.6 Å². The minimum atomic E-state index is -0.469. The van der Waals surface area contributed by atoms with Gasteiger partial charge in [-0.3, -0.25) is 14.9 Å². The summed E-state index contributed by atoms with van der Waals surface area (Å²) in [5.74, 6) is 0.524. The van der Waals surface area contributed by atoms with Gasteiger partial charge in [-0.2, -0.15) is 0 Å². The van der Waals surface area contributed by atoms with Crippen LogP contribution < -0.4 is 10.4 Å². The molecule has 2 aliphatic heterocycles. The second kappa shape index (κ2) is 8.33. The van der Waals surface area contributed by atoms with E-state index in [0.717, 1.165) is 11.3 Å². The van der Waals surface area contributed by atoms with Crippen molar-refractivity contribution >= 4 is 28.9 Å². The summed E-state index contributed by atoms with van der Waals surface area (Å²) in [6.07, 6.45) is 0. The molecule has 1 N–H and O–H groups in total. The average Bonchev–Trinajstić information content (AvgIpc) is 3.15. The Morgan fingerprint density at radius 2 is 1.87 bits per heavy atom. The van der Waals surface area contributed by atoms with Crippen molar-refractivity contribution < 1.29 is 14.6 Å². The van der Waals surface area contributed by atoms with Crippen LogP contribution in [0.3, 0.4) is 0 Å². The number of hydrogen-bond acceptors (Lipinski definition) is 6. The summed E-state index contributed by atoms with van der Waals surface area (Å²) in [4.78, 5) is 33.0. The lowest BCUT2D eigenvalue weighted by molar-refractivity contribution is -0.384. The number of amides is 1. The van der Waals surface area contributed by atoms with Crippen molar-refractivity contribution in [3.8, 4) is 0 Å². The predicted molar refractivity (Wildman–Crippen MR) is 113 cm³/mol. The summed E-state index contributed by atoms with van der Waals surface area (Å²) in [6.45, 7) is 3.99. The van der Waals surface area contributed by atoms with Gasteiger partial charge in [0.05, 0.1) is 21.2 Å². The Bertz CT molecular complexity index is 1000. The van der Waals surface area contributed by atoms with Gasteiger partial charge in [0.2, 0.25) is 0 Å². The maximum Gasteiger partial charge on any atom is 0.271 e. The van der Waals surface area contributed by atoms with E-state index in [1.807, 2.05) is 35.2 Å². The molecule has 4 rings (SSSR count). The third-order valence-corrected chi connectivity index (χ3v) is 5.71. The summed E-state index contributed by atoms with van der Waals surface area (Å²) in [7, 11) is 0. The van der Waals surface area contributed by atoms with Crippen LogP contribution in [0.4, 0.5) is 11.4 Å². The lowest BCUT2D eigenvalue weighted by Crippen LogP contribution is -2.49. The van der Waals surface area contributed by atoms with Gasteiger partial charge >= 0.3 is 0 Å². The Balaban J connectivity index is 1.46. The predicted octanol–water partition coefficient (Wildman–Crippen LogP) is 3.45. The number of nitrogens with one attached hydrogen (secondary N) is 1. The van der Waals surface area contributed by atoms with Gasteiger partial charge in [0.1, 0.15) is 11.8 Å². The summed E-state index contributed by atoms with van der Waals surface area (Å²) >= 11 is 6.26. The van der Waals surface area contributed by atoms with Gasteiger partial charge in [-0.1, -0.05) is 41.9 Å². The van der Waals surface area contributed by atoms with Crippen LogP contribution in [-0.4, -0.2) is 41.9 Å². The number of hydroxylamine groups is 1. The first-order valence-electron chi connectivity index (χ1n) is 9.62. The molecule has 0 spiro atoms. The van der Waals surface area contributed by atoms with Crippen molar-refractivity contribution in [3.63, 3.8) is 0 Å². The third kappa shape index (κ3) is 3.83. The lowest BCUT2D eigenvalue weighted by atomic mass is 9.98. The van der Waals surface area contributed by atoms with E-state index >= 15 is 0 Å². The molecule has 2 aromatic carbocycles. The molecule has 1 saturated heterocycles. The fraction of sp³-hybridized carbons (Fsp3) is 0.286. The third-order valence-electron chi connectivity index (χ3n) is 5.41. The van der Waals surface area contributed by atoms with E-state index in [-0.39, 0.29) is 17.6 Å². The number of carbonyl (C=O) groups excluding carboxylic acids is 1. The Hall–Kier alpha value is -3.10. The Labute approximate surface area is 178 Å². The van der Waals surface area contributed by atoms with Crippen LogP contribution in [0.5, 0.6) is 0 Å². The number of carbonyl (C=O) groups is 1. The van der Waals surface area contributed by atoms with E-state index in [1.54, 1.807) is 17.9 Å². The number of piperazine rings is 1. The first-order chi connectivity index (χ1) is 14.5. The van der Waals surface area contributed by atoms with Crippen molar-refractivity contribution in [2.75, 3.05) is 31.1 Å². The van der Waals surface area contributed by atoms with Crippen LogP contribution in [0, 0.1) is 10.1 Å². The van der Waals surface area contributed by atoms with Gasteiger partial charge < -0.3 is 14.6 Å². The van der Waals surface area contributed by atoms with E-state index in [9.17, 15) is 14.9 Å². The normalized spacial score (nSPS) is 19.1. The first kappa shape index (κ1) is 20.2. The number of nitro groups is 1. The molecule has 1 fully saturated rings. The second-order valence-electron chi connectivity index (χ2n) is 7.21. The molecule has 1 amide bonds. The Kier molecular flexibility index (Phi) is 5.61. The fourth-order valence-electron chi connectivity index (χ4n) is 3.81. The number of halogens is 1. The van der Waals surface area contributed by atoms with Crippen molar-refractivity contribution in [2.24, 2.45) is 0 Å². The molecular weight excluding hydrogens is 408 g/mol. The number of allylic oxidation sites excluding steroid dienone is 1. The number of hydrogen-bond donors (Lipinski definition) is 1. The Morgan fingerprint density at radius 3 is 2.50 bits per heavy atom. The largest absolute Gasteiger partial charge is 0.412 e. The molecular formula is C21H21ClN4O4. The van der Waals surface area contributed by atoms with Crippen LogP contribution in [0.1, 0.15) is 18.5 Å². The van der Waals surface area contributed by atoms with Gasteiger partial charge in [0.15, 0.2) is 0 Å². The number of rotatable bonds is 4. The number of non-ortho nitro benzene ring substituents is 1. The molecule has 8 nitrogen and oxygen atoms in total. The minimum absolute atomic E-state index is 0.0411. The van der Waals surface area contributed by atoms with Crippen molar-refractivity contribution in [1.82, 2.24) is 10.4 Å². The molecule has 1 unspecified atom stereocenters. The minimum Gasteiger partial charge on any atom is -0.412 e. The summed E-state index contributed by atoms with van der Waals surface area (Å²) in [5.41, 5.74) is 5.22. The zero-order valence-electron chi connectivity index (χ0n) is 16.4. The maximum atomic E-state index is 13.3. The molecule has 0 aromatic heterocycles. The molecule has 0 bridgehead atoms. The van der Waals surface area contributed by atoms with Crippen LogP contribution in [-0.2, 0) is 9.63 Å². The first-order valence-corrected chi connectivity index (χ1v) is 9.99. The lowest BCUT2D eigenvalue weighted by Gasteiger charge is -2.37. The summed E-state index contributed by atoms with van der Waals surface area (Å²) < 4.78 is 0. The van der Waals surface area contributed by atoms with E-state index < -0.39 is 4.92 Å². The van der Waals surface area contributed by atoms with Crippen LogP contribution in [0.2, 0.25) is 5.02 Å². The molecule has 0 aliphatic carbocycles. The average molecular weight is 429 g/mol. The highest BCUT2D eigenvalue weighted by atomic mass is 35.5. The van der Waals surface area contributed by atoms with E-state index in [1.165, 1.54) is 12.1 Å². The Morgan fingerprint density at radius 1 is 1.17 bits per heavy atom. The molecule has 2 heterocycles. The molecule has 2 aliphatic rings. The number of benzene rings is 2. The van der Waals surface area contributed by atoms with E-state index in [4.69, 9.17) is 16.4 Å². The standard InChI is InChI=1S/C21H21ClN4O4/c1-14-19(20(23-30-14)15-5-3-2-4-6-15)21(27)25-11-9-24(10-12-25)18-8-7-16(26(28)29)13-17(18)22/h2-8,13,20,23H,9-12H2,1H3. The zero-order valence-corrected chi connectivity index (χ0v) is 17.1. The smallest absolute Gasteiger partial charge is 0.271 e. The second-order valence-corrected chi connectivity index (χ2v) is 7.61. The monoisotopic (exact) mass is 428 g/mol. The van der Waals surface area contributed by atoms with Crippen LogP contribution in [0.15, 0.2) is 59.9 Å². The number of anilines is 1. The van der Waals surface area contributed by atoms with Gasteiger partial charge in [0.25, 0.3) is 11.6 Å². The van der Waals surface area contributed by atoms with Gasteiger partial charge in [-0.15, -0.1) is 5.48 Å². The fourth-order valence-corrected chi connectivity index (χ4v) is 4.10. The highest BCUT2D eigenvalue weighted by Crippen LogP contribution is 2.33. The molecule has 9 heteroatoms. The SMILES string of the molecule is CC1=C(C(=O)N2CCN(c3ccc([N+](=O)[O-])cc3Cl)CC2)C(c2ccccc2)NO1. The van der Waals surface area contributed by atoms with E-state index in [2.05, 4.69) is 5.48 Å². The van der Waals surface area contributed by atoms with Crippen LogP contribution in [0.25, 0.3) is 0 Å². The highest BCUT2D eigenvalue weighted by molar-refractivity contribution is 6.33. The van der Waals surface area contributed by atoms with E-state index in [0.29, 0.717) is 42.5 Å². The van der Waals surface area contributed by atoms with Gasteiger partial charge in [-0.05, 0) is 18.6 Å². The van der Waals surface area contributed by atoms with Gasteiger partial charge in [-0.25, -0.2) is 0 Å². The topological polar surface area (TPSA) is 88.0 Å². The zero-order chi connectivity index (χ0) is 21.3. The number of nitro benzene ring substituents is 1. The molecule has 0 saturated carbocycles. The summed E-state index contributed by atoms with van der Waals surface area (Å²) in [6, 6.07) is 13.9. The quantitative estimate of drug-likeness (QED) is 0.592. The molecule has 30 heavy (non-hydrogen) atoms. The van der Waals surface area contributed by atoms with Crippen LogP contribution >= 0.6 is 11.6 Å². The number of nitrogens with zero attached hydrogens (tertiary/aromatic N) is 3. The molecule has 1 atom stereocenters. The van der Waals surface area contributed by atoms with Gasteiger partial charge in [0, 0.05) is 38.3 Å². The molecule has 156 valence electrons. The summed E-state index contributed by atoms with van der Waals surface area (Å²) in [5, 5.41) is 11.2. The highest BCUT2D eigenvalue weighted by Gasteiger charge is 2.35. The molecule has 0 radical (unpaired) electrons. The van der Waals surface area contributed by atoms with Crippen molar-refractivity contribution in [1.29, 1.82) is 0 Å².